The second kappa shape index (κ2) is 7.67. The first-order valence-corrected chi connectivity index (χ1v) is 8.62. The van der Waals surface area contributed by atoms with Gasteiger partial charge in [0, 0.05) is 0 Å². The largest absolute Gasteiger partial charge is 0.493 e. The van der Waals surface area contributed by atoms with Crippen molar-refractivity contribution in [2.24, 2.45) is 0 Å². The molecule has 4 nitrogen and oxygen atoms in total. The molecular formula is C22H24O4. The maximum atomic E-state index is 10.8. The molecule has 136 valence electrons. The zero-order valence-electron chi connectivity index (χ0n) is 15.5. The third-order valence-electron chi connectivity index (χ3n) is 4.25. The first-order valence-electron chi connectivity index (χ1n) is 8.62. The van der Waals surface area contributed by atoms with E-state index in [0.717, 1.165) is 27.6 Å². The van der Waals surface area contributed by atoms with E-state index in [2.05, 4.69) is 0 Å². The van der Waals surface area contributed by atoms with Crippen LogP contribution in [0.5, 0.6) is 17.2 Å². The lowest BCUT2D eigenvalue weighted by molar-refractivity contribution is 0.219. The molecule has 0 heterocycles. The zero-order valence-corrected chi connectivity index (χ0v) is 15.5. The highest BCUT2D eigenvalue weighted by atomic mass is 16.5. The Hall–Kier alpha value is -2.72. The second-order valence-corrected chi connectivity index (χ2v) is 6.45. The molecule has 4 heteroatoms. The Kier molecular flexibility index (Phi) is 5.33. The summed E-state index contributed by atoms with van der Waals surface area (Å²) >= 11 is 0. The summed E-state index contributed by atoms with van der Waals surface area (Å²) in [4.78, 5) is 0. The van der Waals surface area contributed by atoms with Crippen molar-refractivity contribution >= 4 is 10.8 Å². The number of hydrogen-bond donors (Lipinski definition) is 1. The molecule has 0 aromatic heterocycles. The van der Waals surface area contributed by atoms with Crippen LogP contribution in [-0.2, 0) is 0 Å². The van der Waals surface area contributed by atoms with E-state index >= 15 is 0 Å². The van der Waals surface area contributed by atoms with Gasteiger partial charge in [0.05, 0.1) is 20.3 Å². The summed E-state index contributed by atoms with van der Waals surface area (Å²) in [7, 11) is 3.18. The molecule has 0 bridgehead atoms. The van der Waals surface area contributed by atoms with Crippen LogP contribution in [0.1, 0.15) is 31.1 Å². The van der Waals surface area contributed by atoms with Crippen LogP contribution in [0.15, 0.2) is 54.6 Å². The lowest BCUT2D eigenvalue weighted by Crippen LogP contribution is -2.05. The molecule has 0 saturated carbocycles. The van der Waals surface area contributed by atoms with Crippen molar-refractivity contribution in [2.45, 2.75) is 26.1 Å². The minimum absolute atomic E-state index is 0.138. The molecule has 3 rings (SSSR count). The Morgan fingerprint density at radius 1 is 0.731 bits per heavy atom. The van der Waals surface area contributed by atoms with Crippen LogP contribution in [0, 0.1) is 0 Å². The molecule has 0 spiro atoms. The van der Waals surface area contributed by atoms with Gasteiger partial charge in [-0.2, -0.15) is 0 Å². The van der Waals surface area contributed by atoms with E-state index in [0.29, 0.717) is 11.5 Å². The van der Waals surface area contributed by atoms with Gasteiger partial charge in [0.2, 0.25) is 0 Å². The first kappa shape index (κ1) is 18.1. The summed E-state index contributed by atoms with van der Waals surface area (Å²) in [5.41, 5.74) is 1.57. The van der Waals surface area contributed by atoms with E-state index in [-0.39, 0.29) is 6.10 Å². The van der Waals surface area contributed by atoms with Gasteiger partial charge in [-0.05, 0) is 66.1 Å². The van der Waals surface area contributed by atoms with Crippen molar-refractivity contribution in [3.05, 3.63) is 65.7 Å². The van der Waals surface area contributed by atoms with Gasteiger partial charge in [0.15, 0.2) is 11.5 Å². The van der Waals surface area contributed by atoms with Crippen molar-refractivity contribution in [2.75, 3.05) is 14.2 Å². The molecule has 1 unspecified atom stereocenters. The number of hydrogen-bond acceptors (Lipinski definition) is 4. The molecule has 0 aliphatic carbocycles. The third-order valence-corrected chi connectivity index (χ3v) is 4.25. The standard InChI is InChI=1S/C22H24O4/c1-14(2)26-19-9-7-15-11-17(6-5-16(15)12-19)22(23)18-8-10-20(24-3)21(13-18)25-4/h5-14,22-23H,1-4H3. The van der Waals surface area contributed by atoms with E-state index in [9.17, 15) is 5.11 Å². The summed E-state index contributed by atoms with van der Waals surface area (Å²) in [6, 6.07) is 17.4. The van der Waals surface area contributed by atoms with Gasteiger partial charge in [-0.15, -0.1) is 0 Å². The maximum absolute atomic E-state index is 10.8. The van der Waals surface area contributed by atoms with E-state index in [1.807, 2.05) is 56.3 Å². The fourth-order valence-electron chi connectivity index (χ4n) is 2.97. The molecule has 1 atom stereocenters. The highest BCUT2D eigenvalue weighted by molar-refractivity contribution is 5.84. The quantitative estimate of drug-likeness (QED) is 0.697. The van der Waals surface area contributed by atoms with Crippen LogP contribution >= 0.6 is 0 Å². The fourth-order valence-corrected chi connectivity index (χ4v) is 2.97. The van der Waals surface area contributed by atoms with Gasteiger partial charge in [0.1, 0.15) is 11.9 Å². The average Bonchev–Trinajstić information content (AvgIpc) is 2.65. The van der Waals surface area contributed by atoms with Gasteiger partial charge < -0.3 is 19.3 Å². The lowest BCUT2D eigenvalue weighted by Gasteiger charge is -2.15. The first-order chi connectivity index (χ1) is 12.5. The number of aliphatic hydroxyl groups excluding tert-OH is 1. The molecule has 0 aliphatic heterocycles. The average molecular weight is 352 g/mol. The van der Waals surface area contributed by atoms with Crippen molar-refractivity contribution in [1.82, 2.24) is 0 Å². The van der Waals surface area contributed by atoms with E-state index < -0.39 is 6.10 Å². The van der Waals surface area contributed by atoms with E-state index in [1.54, 1.807) is 26.4 Å². The number of ether oxygens (including phenoxy) is 3. The molecule has 0 amide bonds. The van der Waals surface area contributed by atoms with Crippen molar-refractivity contribution in [3.8, 4) is 17.2 Å². The van der Waals surface area contributed by atoms with Gasteiger partial charge in [-0.1, -0.05) is 24.3 Å². The summed E-state index contributed by atoms with van der Waals surface area (Å²) in [5, 5.41) is 12.9. The number of benzene rings is 3. The van der Waals surface area contributed by atoms with Crippen LogP contribution in [0.3, 0.4) is 0 Å². The molecule has 1 N–H and O–H groups in total. The van der Waals surface area contributed by atoms with Crippen molar-refractivity contribution in [3.63, 3.8) is 0 Å². The predicted octanol–water partition coefficient (Wildman–Crippen LogP) is 4.73. The fraction of sp³-hybridized carbons (Fsp3) is 0.273. The Morgan fingerprint density at radius 3 is 2.04 bits per heavy atom. The third kappa shape index (κ3) is 3.75. The van der Waals surface area contributed by atoms with E-state index in [1.165, 1.54) is 0 Å². The van der Waals surface area contributed by atoms with Crippen molar-refractivity contribution < 1.29 is 19.3 Å². The predicted molar refractivity (Wildman–Crippen MR) is 103 cm³/mol. The molecule has 0 saturated heterocycles. The Labute approximate surface area is 153 Å². The molecule has 0 fully saturated rings. The number of methoxy groups -OCH3 is 2. The van der Waals surface area contributed by atoms with Crippen LogP contribution in [0.25, 0.3) is 10.8 Å². The van der Waals surface area contributed by atoms with Gasteiger partial charge in [-0.3, -0.25) is 0 Å². The Morgan fingerprint density at radius 2 is 1.35 bits per heavy atom. The molecule has 26 heavy (non-hydrogen) atoms. The summed E-state index contributed by atoms with van der Waals surface area (Å²) in [6.45, 7) is 4.01. The van der Waals surface area contributed by atoms with Gasteiger partial charge >= 0.3 is 0 Å². The SMILES string of the molecule is COc1ccc(C(O)c2ccc3cc(OC(C)C)ccc3c2)cc1OC. The zero-order chi connectivity index (χ0) is 18.7. The number of fused-ring (bicyclic) bond motifs is 1. The van der Waals surface area contributed by atoms with Gasteiger partial charge in [0.25, 0.3) is 0 Å². The summed E-state index contributed by atoms with van der Waals surface area (Å²) < 4.78 is 16.3. The molecular weight excluding hydrogens is 328 g/mol. The van der Waals surface area contributed by atoms with Crippen LogP contribution in [0.4, 0.5) is 0 Å². The summed E-state index contributed by atoms with van der Waals surface area (Å²) in [5.74, 6) is 2.08. The Balaban J connectivity index is 1.92. The van der Waals surface area contributed by atoms with E-state index in [4.69, 9.17) is 14.2 Å². The Bertz CT molecular complexity index is 902. The van der Waals surface area contributed by atoms with Crippen LogP contribution in [-0.4, -0.2) is 25.4 Å². The maximum Gasteiger partial charge on any atom is 0.161 e. The smallest absolute Gasteiger partial charge is 0.161 e. The lowest BCUT2D eigenvalue weighted by atomic mass is 9.98. The molecule has 3 aromatic carbocycles. The number of rotatable bonds is 6. The summed E-state index contributed by atoms with van der Waals surface area (Å²) in [6.07, 6.45) is -0.607. The van der Waals surface area contributed by atoms with Crippen molar-refractivity contribution in [1.29, 1.82) is 0 Å². The van der Waals surface area contributed by atoms with Crippen LogP contribution < -0.4 is 14.2 Å². The second-order valence-electron chi connectivity index (χ2n) is 6.45. The van der Waals surface area contributed by atoms with Gasteiger partial charge in [-0.25, -0.2) is 0 Å². The minimum atomic E-state index is -0.745. The monoisotopic (exact) mass is 352 g/mol. The molecule has 0 aliphatic rings. The topological polar surface area (TPSA) is 47.9 Å². The highest BCUT2D eigenvalue weighted by Gasteiger charge is 2.14. The highest BCUT2D eigenvalue weighted by Crippen LogP contribution is 2.33. The van der Waals surface area contributed by atoms with Crippen LogP contribution in [0.2, 0.25) is 0 Å². The molecule has 3 aromatic rings. The normalized spacial score (nSPS) is 12.2. The number of aliphatic hydroxyl groups is 1. The minimum Gasteiger partial charge on any atom is -0.493 e. The molecule has 0 radical (unpaired) electrons.